The minimum Gasteiger partial charge on any atom is -0.323 e. The molecular formula is C9H13F2N3. The summed E-state index contributed by atoms with van der Waals surface area (Å²) < 4.78 is 26.4. The Balaban J connectivity index is 2.35. The van der Waals surface area contributed by atoms with Crippen molar-refractivity contribution in [1.29, 1.82) is 0 Å². The largest absolute Gasteiger partial charge is 0.323 e. The molecule has 2 rings (SSSR count). The number of nitrogens with two attached hydrogens (primary N) is 1. The van der Waals surface area contributed by atoms with Gasteiger partial charge in [-0.05, 0) is 25.8 Å². The zero-order chi connectivity index (χ0) is 10.3. The highest BCUT2D eigenvalue weighted by molar-refractivity contribution is 5.16. The first-order valence-corrected chi connectivity index (χ1v) is 4.72. The van der Waals surface area contributed by atoms with E-state index in [-0.39, 0.29) is 11.7 Å². The number of alkyl halides is 2. The van der Waals surface area contributed by atoms with E-state index in [0.29, 0.717) is 11.7 Å². The molecule has 78 valence electrons. The summed E-state index contributed by atoms with van der Waals surface area (Å²) in [5.41, 5.74) is 6.24. The molecule has 1 atom stereocenters. The van der Waals surface area contributed by atoms with Gasteiger partial charge in [0.1, 0.15) is 5.69 Å². The van der Waals surface area contributed by atoms with E-state index in [1.54, 1.807) is 11.6 Å². The minimum absolute atomic E-state index is 0.163. The monoisotopic (exact) mass is 201 g/mol. The Hall–Kier alpha value is -0.970. The number of aromatic nitrogens is 2. The Bertz CT molecular complexity index is 309. The summed E-state index contributed by atoms with van der Waals surface area (Å²) in [5, 5.41) is 3.88. The summed E-state index contributed by atoms with van der Waals surface area (Å²) in [6, 6.07) is 1.47. The fourth-order valence-electron chi connectivity index (χ4n) is 1.49. The molecular weight excluding hydrogens is 188 g/mol. The summed E-state index contributed by atoms with van der Waals surface area (Å²) in [6.07, 6.45) is -0.471. The maximum absolute atomic E-state index is 12.4. The maximum Gasteiger partial charge on any atom is 0.282 e. The number of halogens is 2. The topological polar surface area (TPSA) is 43.8 Å². The van der Waals surface area contributed by atoms with E-state index < -0.39 is 6.43 Å². The van der Waals surface area contributed by atoms with Gasteiger partial charge in [-0.2, -0.15) is 5.10 Å². The Morgan fingerprint density at radius 2 is 2.21 bits per heavy atom. The number of rotatable bonds is 3. The summed E-state index contributed by atoms with van der Waals surface area (Å²) in [7, 11) is 0. The second-order valence-corrected chi connectivity index (χ2v) is 3.76. The summed E-state index contributed by atoms with van der Waals surface area (Å²) >= 11 is 0. The SMILES string of the molecule is C[C@@H](N)c1cc(C(F)F)nn1C1CC1. The van der Waals surface area contributed by atoms with Crippen LogP contribution in [0.2, 0.25) is 0 Å². The standard InChI is InChI=1S/C9H13F2N3/c1-5(12)8-4-7(9(10)11)13-14(8)6-2-3-6/h4-6,9H,2-3,12H2,1H3/t5-/m1/s1. The van der Waals surface area contributed by atoms with Crippen LogP contribution in [0.25, 0.3) is 0 Å². The van der Waals surface area contributed by atoms with E-state index in [1.807, 2.05) is 0 Å². The molecule has 14 heavy (non-hydrogen) atoms. The van der Waals surface area contributed by atoms with Crippen molar-refractivity contribution in [3.05, 3.63) is 17.5 Å². The third kappa shape index (κ3) is 1.64. The van der Waals surface area contributed by atoms with Gasteiger partial charge in [-0.25, -0.2) is 8.78 Å². The van der Waals surface area contributed by atoms with E-state index in [2.05, 4.69) is 5.10 Å². The molecule has 0 unspecified atom stereocenters. The van der Waals surface area contributed by atoms with Gasteiger partial charge in [-0.1, -0.05) is 0 Å². The third-order valence-corrected chi connectivity index (χ3v) is 2.37. The second kappa shape index (κ2) is 3.31. The second-order valence-electron chi connectivity index (χ2n) is 3.76. The predicted molar refractivity (Wildman–Crippen MR) is 48.1 cm³/mol. The molecule has 1 aliphatic rings. The molecule has 1 aromatic heterocycles. The van der Waals surface area contributed by atoms with Gasteiger partial charge in [0.05, 0.1) is 11.7 Å². The van der Waals surface area contributed by atoms with E-state index in [0.717, 1.165) is 12.8 Å². The van der Waals surface area contributed by atoms with Gasteiger partial charge in [0, 0.05) is 6.04 Å². The quantitative estimate of drug-likeness (QED) is 0.814. The molecule has 1 fully saturated rings. The van der Waals surface area contributed by atoms with E-state index in [4.69, 9.17) is 5.73 Å². The van der Waals surface area contributed by atoms with Crippen LogP contribution in [0.3, 0.4) is 0 Å². The number of hydrogen-bond acceptors (Lipinski definition) is 2. The summed E-state index contributed by atoms with van der Waals surface area (Å²) in [5.74, 6) is 0. The van der Waals surface area contributed by atoms with E-state index in [1.165, 1.54) is 6.07 Å². The average molecular weight is 201 g/mol. The first-order valence-electron chi connectivity index (χ1n) is 4.72. The summed E-state index contributed by atoms with van der Waals surface area (Å²) in [4.78, 5) is 0. The van der Waals surface area contributed by atoms with Crippen molar-refractivity contribution in [3.63, 3.8) is 0 Å². The van der Waals surface area contributed by atoms with Crippen LogP contribution in [0.4, 0.5) is 8.78 Å². The smallest absolute Gasteiger partial charge is 0.282 e. The zero-order valence-corrected chi connectivity index (χ0v) is 7.95. The molecule has 1 aromatic rings. The Morgan fingerprint density at radius 1 is 1.57 bits per heavy atom. The van der Waals surface area contributed by atoms with Gasteiger partial charge >= 0.3 is 0 Å². The van der Waals surface area contributed by atoms with Crippen molar-refractivity contribution < 1.29 is 8.78 Å². The first-order chi connectivity index (χ1) is 6.59. The lowest BCUT2D eigenvalue weighted by atomic mass is 10.2. The lowest BCUT2D eigenvalue weighted by molar-refractivity contribution is 0.145. The molecule has 0 amide bonds. The van der Waals surface area contributed by atoms with Gasteiger partial charge in [-0.3, -0.25) is 4.68 Å². The highest BCUT2D eigenvalue weighted by Crippen LogP contribution is 2.37. The van der Waals surface area contributed by atoms with Crippen LogP contribution in [0, 0.1) is 0 Å². The molecule has 0 aliphatic heterocycles. The molecule has 1 saturated carbocycles. The van der Waals surface area contributed by atoms with Gasteiger partial charge in [0.2, 0.25) is 0 Å². The van der Waals surface area contributed by atoms with Crippen LogP contribution in [-0.4, -0.2) is 9.78 Å². The molecule has 0 spiro atoms. The van der Waals surface area contributed by atoms with E-state index >= 15 is 0 Å². The van der Waals surface area contributed by atoms with Crippen LogP contribution >= 0.6 is 0 Å². The van der Waals surface area contributed by atoms with Crippen LogP contribution in [0.15, 0.2) is 6.07 Å². The van der Waals surface area contributed by atoms with Crippen molar-refractivity contribution in [2.24, 2.45) is 5.73 Å². The fraction of sp³-hybridized carbons (Fsp3) is 0.667. The molecule has 0 aromatic carbocycles. The summed E-state index contributed by atoms with van der Waals surface area (Å²) in [6.45, 7) is 1.78. The minimum atomic E-state index is -2.51. The lowest BCUT2D eigenvalue weighted by Gasteiger charge is -2.07. The van der Waals surface area contributed by atoms with Crippen molar-refractivity contribution in [3.8, 4) is 0 Å². The zero-order valence-electron chi connectivity index (χ0n) is 7.95. The van der Waals surface area contributed by atoms with Gasteiger partial charge < -0.3 is 5.73 Å². The fourth-order valence-corrected chi connectivity index (χ4v) is 1.49. The number of nitrogens with zero attached hydrogens (tertiary/aromatic N) is 2. The van der Waals surface area contributed by atoms with Crippen molar-refractivity contribution in [1.82, 2.24) is 9.78 Å². The molecule has 3 nitrogen and oxygen atoms in total. The predicted octanol–water partition coefficient (Wildman–Crippen LogP) is 2.18. The Labute approximate surface area is 80.9 Å². The molecule has 0 radical (unpaired) electrons. The Kier molecular flexibility index (Phi) is 2.26. The maximum atomic E-state index is 12.4. The van der Waals surface area contributed by atoms with Gasteiger partial charge in [0.25, 0.3) is 6.43 Å². The van der Waals surface area contributed by atoms with Crippen molar-refractivity contribution >= 4 is 0 Å². The molecule has 1 heterocycles. The van der Waals surface area contributed by atoms with E-state index in [9.17, 15) is 8.78 Å². The third-order valence-electron chi connectivity index (χ3n) is 2.37. The van der Waals surface area contributed by atoms with Gasteiger partial charge in [-0.15, -0.1) is 0 Å². The van der Waals surface area contributed by atoms with Crippen LogP contribution < -0.4 is 5.73 Å². The molecule has 0 saturated heterocycles. The van der Waals surface area contributed by atoms with Crippen LogP contribution in [-0.2, 0) is 0 Å². The average Bonchev–Trinajstić information content (AvgIpc) is 2.83. The van der Waals surface area contributed by atoms with Crippen molar-refractivity contribution in [2.45, 2.75) is 38.3 Å². The molecule has 0 bridgehead atoms. The molecule has 5 heteroatoms. The lowest BCUT2D eigenvalue weighted by Crippen LogP contribution is -2.12. The number of hydrogen-bond donors (Lipinski definition) is 1. The molecule has 2 N–H and O–H groups in total. The molecule has 1 aliphatic carbocycles. The highest BCUT2D eigenvalue weighted by atomic mass is 19.3. The van der Waals surface area contributed by atoms with Gasteiger partial charge in [0.15, 0.2) is 0 Å². The van der Waals surface area contributed by atoms with Crippen molar-refractivity contribution in [2.75, 3.05) is 0 Å². The van der Waals surface area contributed by atoms with Crippen LogP contribution in [0.1, 0.15) is 49.7 Å². The highest BCUT2D eigenvalue weighted by Gasteiger charge is 2.29. The Morgan fingerprint density at radius 3 is 2.64 bits per heavy atom. The normalized spacial score (nSPS) is 18.9. The van der Waals surface area contributed by atoms with Crippen LogP contribution in [0.5, 0.6) is 0 Å². The first kappa shape index (κ1) is 9.58.